The highest BCUT2D eigenvalue weighted by Crippen LogP contribution is 2.41. The van der Waals surface area contributed by atoms with Crippen LogP contribution in [0.1, 0.15) is 29.7 Å². The number of hydrogen-bond acceptors (Lipinski definition) is 5. The Balaban J connectivity index is 1.73. The summed E-state index contributed by atoms with van der Waals surface area (Å²) in [6, 6.07) is 4.55. The van der Waals surface area contributed by atoms with Gasteiger partial charge in [-0.05, 0) is 49.8 Å². The Bertz CT molecular complexity index is 852. The van der Waals surface area contributed by atoms with Crippen LogP contribution in [0.5, 0.6) is 0 Å². The first-order valence-corrected chi connectivity index (χ1v) is 8.69. The molecule has 2 aliphatic carbocycles. The average molecular weight is 308 g/mol. The average Bonchev–Trinajstić information content (AvgIpc) is 3.12. The van der Waals surface area contributed by atoms with E-state index in [1.807, 2.05) is 29.7 Å². The quantitative estimate of drug-likeness (QED) is 0.799. The molecule has 0 saturated heterocycles. The molecule has 0 radical (unpaired) electrons. The molecule has 3 aromatic heterocycles. The van der Waals surface area contributed by atoms with Gasteiger partial charge in [-0.25, -0.2) is 9.97 Å². The summed E-state index contributed by atoms with van der Waals surface area (Å²) in [7, 11) is 0. The van der Waals surface area contributed by atoms with Gasteiger partial charge in [-0.3, -0.25) is 4.98 Å². The maximum absolute atomic E-state index is 4.85. The van der Waals surface area contributed by atoms with Gasteiger partial charge in [0.25, 0.3) is 0 Å². The van der Waals surface area contributed by atoms with Crippen LogP contribution in [-0.4, -0.2) is 21.0 Å². The van der Waals surface area contributed by atoms with Crippen LogP contribution in [0.3, 0.4) is 0 Å². The molecule has 0 aliphatic heterocycles. The first-order valence-electron chi connectivity index (χ1n) is 7.88. The molecule has 3 aromatic rings. The van der Waals surface area contributed by atoms with Crippen LogP contribution < -0.4 is 5.32 Å². The molecule has 22 heavy (non-hydrogen) atoms. The van der Waals surface area contributed by atoms with Gasteiger partial charge in [0.15, 0.2) is 5.82 Å². The Labute approximate surface area is 132 Å². The van der Waals surface area contributed by atoms with Crippen molar-refractivity contribution < 1.29 is 0 Å². The van der Waals surface area contributed by atoms with E-state index in [-0.39, 0.29) is 0 Å². The van der Waals surface area contributed by atoms with E-state index < -0.39 is 0 Å². The zero-order chi connectivity index (χ0) is 14.5. The molecule has 5 rings (SSSR count). The zero-order valence-electron chi connectivity index (χ0n) is 12.2. The minimum atomic E-state index is 0.594. The van der Waals surface area contributed by atoms with Crippen molar-refractivity contribution in [2.24, 2.45) is 0 Å². The minimum Gasteiger partial charge on any atom is -0.367 e. The SMILES string of the molecule is c1cncc(-c2nc(NC3CC3)c3c4c(sc3n2)CCC4)c1. The Hall–Kier alpha value is -2.01. The Morgan fingerprint density at radius 1 is 1.18 bits per heavy atom. The predicted molar refractivity (Wildman–Crippen MR) is 89.3 cm³/mol. The molecule has 0 bridgehead atoms. The number of anilines is 1. The van der Waals surface area contributed by atoms with Crippen molar-refractivity contribution in [2.75, 3.05) is 5.32 Å². The van der Waals surface area contributed by atoms with E-state index in [4.69, 9.17) is 9.97 Å². The molecule has 4 nitrogen and oxygen atoms in total. The van der Waals surface area contributed by atoms with Gasteiger partial charge in [0.05, 0.1) is 5.39 Å². The molecular weight excluding hydrogens is 292 g/mol. The number of aryl methyl sites for hydroxylation is 2. The van der Waals surface area contributed by atoms with Crippen LogP contribution in [0.15, 0.2) is 24.5 Å². The summed E-state index contributed by atoms with van der Waals surface area (Å²) in [4.78, 5) is 16.5. The Kier molecular flexibility index (Phi) is 2.70. The van der Waals surface area contributed by atoms with Crippen molar-refractivity contribution in [1.29, 1.82) is 0 Å². The maximum atomic E-state index is 4.85. The van der Waals surface area contributed by atoms with Crippen molar-refractivity contribution in [2.45, 2.75) is 38.1 Å². The summed E-state index contributed by atoms with van der Waals surface area (Å²) in [5, 5.41) is 4.90. The van der Waals surface area contributed by atoms with Crippen LogP contribution >= 0.6 is 11.3 Å². The van der Waals surface area contributed by atoms with E-state index in [0.717, 1.165) is 22.0 Å². The minimum absolute atomic E-state index is 0.594. The van der Waals surface area contributed by atoms with Crippen LogP contribution in [0.2, 0.25) is 0 Å². The lowest BCUT2D eigenvalue weighted by atomic mass is 10.2. The smallest absolute Gasteiger partial charge is 0.164 e. The molecule has 1 fully saturated rings. The van der Waals surface area contributed by atoms with Crippen molar-refractivity contribution in [1.82, 2.24) is 15.0 Å². The summed E-state index contributed by atoms with van der Waals surface area (Å²) in [5.74, 6) is 1.81. The number of nitrogens with zero attached hydrogens (tertiary/aromatic N) is 3. The normalized spacial score (nSPS) is 16.9. The molecule has 0 aromatic carbocycles. The molecule has 3 heterocycles. The topological polar surface area (TPSA) is 50.7 Å². The van der Waals surface area contributed by atoms with E-state index >= 15 is 0 Å². The fourth-order valence-electron chi connectivity index (χ4n) is 3.15. The Morgan fingerprint density at radius 3 is 2.95 bits per heavy atom. The molecule has 1 saturated carbocycles. The number of hydrogen-bond donors (Lipinski definition) is 1. The second-order valence-corrected chi connectivity index (χ2v) is 7.18. The number of rotatable bonds is 3. The van der Waals surface area contributed by atoms with Gasteiger partial charge in [-0.15, -0.1) is 11.3 Å². The molecule has 0 atom stereocenters. The van der Waals surface area contributed by atoms with Crippen molar-refractivity contribution in [3.8, 4) is 11.4 Å². The molecule has 0 unspecified atom stereocenters. The first-order chi connectivity index (χ1) is 10.9. The van der Waals surface area contributed by atoms with Gasteiger partial charge in [-0.1, -0.05) is 0 Å². The van der Waals surface area contributed by atoms with Crippen LogP contribution in [0.4, 0.5) is 5.82 Å². The lowest BCUT2D eigenvalue weighted by Crippen LogP contribution is -2.05. The number of fused-ring (bicyclic) bond motifs is 3. The van der Waals surface area contributed by atoms with E-state index in [9.17, 15) is 0 Å². The van der Waals surface area contributed by atoms with E-state index in [1.165, 1.54) is 47.9 Å². The standard InChI is InChI=1S/C17H16N4S/c1-4-12-13(5-1)22-17-14(12)16(19-11-6-7-11)20-15(21-17)10-3-2-8-18-9-10/h2-3,8-9,11H,1,4-7H2,(H,19,20,21). The molecule has 1 N–H and O–H groups in total. The summed E-state index contributed by atoms with van der Waals surface area (Å²) in [6.07, 6.45) is 9.75. The fourth-order valence-corrected chi connectivity index (χ4v) is 4.41. The summed E-state index contributed by atoms with van der Waals surface area (Å²) in [5.41, 5.74) is 2.47. The molecule has 0 spiro atoms. The van der Waals surface area contributed by atoms with E-state index in [0.29, 0.717) is 6.04 Å². The van der Waals surface area contributed by atoms with Crippen LogP contribution in [0.25, 0.3) is 21.6 Å². The molecular formula is C17H16N4S. The number of nitrogens with one attached hydrogen (secondary N) is 1. The summed E-state index contributed by atoms with van der Waals surface area (Å²) >= 11 is 1.85. The molecule has 5 heteroatoms. The number of thiophene rings is 1. The van der Waals surface area contributed by atoms with Crippen molar-refractivity contribution >= 4 is 27.4 Å². The number of aromatic nitrogens is 3. The van der Waals surface area contributed by atoms with Crippen molar-refractivity contribution in [3.63, 3.8) is 0 Å². The third-order valence-corrected chi connectivity index (χ3v) is 5.59. The second kappa shape index (κ2) is 4.74. The molecule has 0 amide bonds. The maximum Gasteiger partial charge on any atom is 0.164 e. The van der Waals surface area contributed by atoms with Crippen molar-refractivity contribution in [3.05, 3.63) is 35.0 Å². The molecule has 110 valence electrons. The van der Waals surface area contributed by atoms with Gasteiger partial charge in [-0.2, -0.15) is 0 Å². The third kappa shape index (κ3) is 2.00. The summed E-state index contributed by atoms with van der Waals surface area (Å²) < 4.78 is 0. The monoisotopic (exact) mass is 308 g/mol. The second-order valence-electron chi connectivity index (χ2n) is 6.09. The lowest BCUT2D eigenvalue weighted by molar-refractivity contribution is 0.917. The van der Waals surface area contributed by atoms with Crippen LogP contribution in [-0.2, 0) is 12.8 Å². The van der Waals surface area contributed by atoms with Gasteiger partial charge in [0, 0.05) is 28.9 Å². The van der Waals surface area contributed by atoms with Gasteiger partial charge >= 0.3 is 0 Å². The van der Waals surface area contributed by atoms with E-state index in [1.54, 1.807) is 6.20 Å². The van der Waals surface area contributed by atoms with Crippen LogP contribution in [0, 0.1) is 0 Å². The largest absolute Gasteiger partial charge is 0.367 e. The highest BCUT2D eigenvalue weighted by molar-refractivity contribution is 7.19. The number of pyridine rings is 1. The zero-order valence-corrected chi connectivity index (χ0v) is 13.0. The van der Waals surface area contributed by atoms with Gasteiger partial charge in [0.2, 0.25) is 0 Å². The third-order valence-electron chi connectivity index (χ3n) is 4.40. The van der Waals surface area contributed by atoms with Gasteiger partial charge in [0.1, 0.15) is 10.6 Å². The van der Waals surface area contributed by atoms with Gasteiger partial charge < -0.3 is 5.32 Å². The fraction of sp³-hybridized carbons (Fsp3) is 0.353. The summed E-state index contributed by atoms with van der Waals surface area (Å²) in [6.45, 7) is 0. The Morgan fingerprint density at radius 2 is 2.14 bits per heavy atom. The van der Waals surface area contributed by atoms with E-state index in [2.05, 4.69) is 10.3 Å². The highest BCUT2D eigenvalue weighted by atomic mass is 32.1. The first kappa shape index (κ1) is 12.5. The lowest BCUT2D eigenvalue weighted by Gasteiger charge is -2.09. The molecule has 2 aliphatic rings. The highest BCUT2D eigenvalue weighted by Gasteiger charge is 2.27. The predicted octanol–water partition coefficient (Wildman–Crippen LogP) is 3.82.